The zero-order valence-electron chi connectivity index (χ0n) is 11.8. The minimum atomic E-state index is -0.320. The maximum Gasteiger partial charge on any atom is 0.262 e. The Bertz CT molecular complexity index is 873. The Hall–Kier alpha value is -2.18. The molecule has 0 spiro atoms. The van der Waals surface area contributed by atoms with Gasteiger partial charge in [0.15, 0.2) is 6.61 Å². The number of fused-ring (bicyclic) bond motifs is 1. The van der Waals surface area contributed by atoms with Crippen LogP contribution in [0.1, 0.15) is 0 Å². The Morgan fingerprint density at radius 2 is 2.04 bits per heavy atom. The number of nitrogens with zero attached hydrogens (tertiary/aromatic N) is 2. The van der Waals surface area contributed by atoms with Gasteiger partial charge in [0.25, 0.3) is 5.91 Å². The number of halogens is 2. The third-order valence-electron chi connectivity index (χ3n) is 3.05. The summed E-state index contributed by atoms with van der Waals surface area (Å²) in [5, 5.41) is 3.89. The number of amides is 1. The van der Waals surface area contributed by atoms with Gasteiger partial charge in [-0.3, -0.25) is 4.79 Å². The van der Waals surface area contributed by atoms with Crippen LogP contribution in [0.25, 0.3) is 10.9 Å². The van der Waals surface area contributed by atoms with Crippen LogP contribution in [-0.2, 0) is 4.79 Å². The van der Waals surface area contributed by atoms with Crippen LogP contribution in [0.15, 0.2) is 53.3 Å². The van der Waals surface area contributed by atoms with Gasteiger partial charge >= 0.3 is 0 Å². The summed E-state index contributed by atoms with van der Waals surface area (Å²) in [4.78, 5) is 20.2. The Morgan fingerprint density at radius 1 is 1.22 bits per heavy atom. The molecule has 2 aromatic carbocycles. The number of aromatic nitrogens is 2. The number of para-hydroxylation sites is 1. The predicted molar refractivity (Wildman–Crippen MR) is 92.8 cm³/mol. The van der Waals surface area contributed by atoms with E-state index >= 15 is 0 Å². The zero-order chi connectivity index (χ0) is 16.2. The van der Waals surface area contributed by atoms with Gasteiger partial charge in [-0.1, -0.05) is 39.7 Å². The van der Waals surface area contributed by atoms with Crippen molar-refractivity contribution in [2.45, 2.75) is 0 Å². The van der Waals surface area contributed by atoms with E-state index in [0.717, 1.165) is 15.4 Å². The second-order valence-electron chi connectivity index (χ2n) is 4.66. The van der Waals surface area contributed by atoms with E-state index in [0.29, 0.717) is 16.6 Å². The van der Waals surface area contributed by atoms with E-state index in [1.807, 2.05) is 18.2 Å². The number of hydrogen-bond donors (Lipinski definition) is 1. The monoisotopic (exact) mass is 391 g/mol. The lowest BCUT2D eigenvalue weighted by Gasteiger charge is -2.09. The summed E-state index contributed by atoms with van der Waals surface area (Å²) in [6.45, 7) is -0.177. The molecule has 1 heterocycles. The molecule has 0 aliphatic heterocycles. The van der Waals surface area contributed by atoms with E-state index in [-0.39, 0.29) is 12.5 Å². The smallest absolute Gasteiger partial charge is 0.262 e. The first-order valence-electron chi connectivity index (χ1n) is 6.71. The molecule has 0 aliphatic rings. The highest BCUT2D eigenvalue weighted by atomic mass is 79.9. The molecule has 0 unspecified atom stereocenters. The van der Waals surface area contributed by atoms with Gasteiger partial charge in [-0.15, -0.1) is 0 Å². The van der Waals surface area contributed by atoms with Crippen LogP contribution >= 0.6 is 27.5 Å². The van der Waals surface area contributed by atoms with Gasteiger partial charge in [-0.2, -0.15) is 0 Å². The molecule has 1 N–H and O–H groups in total. The Morgan fingerprint density at radius 3 is 2.87 bits per heavy atom. The maximum absolute atomic E-state index is 12.0. The van der Waals surface area contributed by atoms with Crippen LogP contribution in [0.3, 0.4) is 0 Å². The fourth-order valence-corrected chi connectivity index (χ4v) is 2.55. The van der Waals surface area contributed by atoms with Crippen LogP contribution in [0.5, 0.6) is 5.88 Å². The quantitative estimate of drug-likeness (QED) is 0.727. The summed E-state index contributed by atoms with van der Waals surface area (Å²) in [6, 6.07) is 12.6. The summed E-state index contributed by atoms with van der Waals surface area (Å²) < 4.78 is 6.40. The first-order chi connectivity index (χ1) is 11.1. The van der Waals surface area contributed by atoms with Crippen LogP contribution in [0.2, 0.25) is 5.02 Å². The lowest BCUT2D eigenvalue weighted by atomic mass is 10.2. The number of benzene rings is 2. The van der Waals surface area contributed by atoms with Crippen molar-refractivity contribution in [1.82, 2.24) is 9.97 Å². The molecule has 0 bridgehead atoms. The zero-order valence-corrected chi connectivity index (χ0v) is 14.1. The first-order valence-corrected chi connectivity index (χ1v) is 7.88. The van der Waals surface area contributed by atoms with E-state index < -0.39 is 0 Å². The summed E-state index contributed by atoms with van der Waals surface area (Å²) >= 11 is 9.39. The van der Waals surface area contributed by atoms with Gasteiger partial charge < -0.3 is 10.1 Å². The van der Waals surface area contributed by atoms with Crippen LogP contribution in [0.4, 0.5) is 5.69 Å². The SMILES string of the molecule is O=C(COc1ncnc2ccc(Br)cc12)Nc1ccccc1Cl. The van der Waals surface area contributed by atoms with E-state index in [9.17, 15) is 4.79 Å². The van der Waals surface area contributed by atoms with Gasteiger partial charge in [-0.05, 0) is 30.3 Å². The largest absolute Gasteiger partial charge is 0.467 e. The topological polar surface area (TPSA) is 64.1 Å². The summed E-state index contributed by atoms with van der Waals surface area (Å²) in [5.74, 6) is 0.0328. The Labute approximate surface area is 145 Å². The van der Waals surface area contributed by atoms with Gasteiger partial charge in [0, 0.05) is 4.47 Å². The summed E-state index contributed by atoms with van der Waals surface area (Å²) in [7, 11) is 0. The van der Waals surface area contributed by atoms with E-state index in [2.05, 4.69) is 31.2 Å². The Balaban J connectivity index is 1.72. The number of carbonyl (C=O) groups excluding carboxylic acids is 1. The van der Waals surface area contributed by atoms with Gasteiger partial charge in [0.1, 0.15) is 6.33 Å². The van der Waals surface area contributed by atoms with Crippen molar-refractivity contribution in [3.05, 3.63) is 58.3 Å². The molecule has 0 atom stereocenters. The van der Waals surface area contributed by atoms with Gasteiger partial charge in [0.2, 0.25) is 5.88 Å². The van der Waals surface area contributed by atoms with Crippen LogP contribution in [-0.4, -0.2) is 22.5 Å². The lowest BCUT2D eigenvalue weighted by molar-refractivity contribution is -0.118. The van der Waals surface area contributed by atoms with E-state index in [1.54, 1.807) is 24.3 Å². The van der Waals surface area contributed by atoms with Gasteiger partial charge in [-0.25, -0.2) is 9.97 Å². The van der Waals surface area contributed by atoms with Crippen molar-refractivity contribution in [1.29, 1.82) is 0 Å². The van der Waals surface area contributed by atoms with Crippen molar-refractivity contribution in [3.63, 3.8) is 0 Å². The molecule has 0 saturated carbocycles. The molecular formula is C16H11BrClN3O2. The molecule has 116 valence electrons. The molecule has 0 aliphatic carbocycles. The number of rotatable bonds is 4. The van der Waals surface area contributed by atoms with E-state index in [4.69, 9.17) is 16.3 Å². The first kappa shape index (κ1) is 15.7. The molecule has 0 fully saturated rings. The normalized spacial score (nSPS) is 10.5. The molecule has 1 aromatic heterocycles. The summed E-state index contributed by atoms with van der Waals surface area (Å²) in [5.41, 5.74) is 1.28. The van der Waals surface area contributed by atoms with Crippen molar-refractivity contribution in [2.75, 3.05) is 11.9 Å². The lowest BCUT2D eigenvalue weighted by Crippen LogP contribution is -2.20. The molecule has 5 nitrogen and oxygen atoms in total. The molecular weight excluding hydrogens is 382 g/mol. The minimum Gasteiger partial charge on any atom is -0.467 e. The fourth-order valence-electron chi connectivity index (χ4n) is 2.00. The van der Waals surface area contributed by atoms with E-state index in [1.165, 1.54) is 6.33 Å². The second kappa shape index (κ2) is 6.93. The third kappa shape index (κ3) is 3.78. The second-order valence-corrected chi connectivity index (χ2v) is 5.98. The molecule has 0 radical (unpaired) electrons. The number of carbonyl (C=O) groups is 1. The van der Waals surface area contributed by atoms with Crippen molar-refractivity contribution >= 4 is 50.0 Å². The van der Waals surface area contributed by atoms with Crippen molar-refractivity contribution in [3.8, 4) is 5.88 Å². The van der Waals surface area contributed by atoms with Crippen LogP contribution < -0.4 is 10.1 Å². The highest BCUT2D eigenvalue weighted by molar-refractivity contribution is 9.10. The molecule has 3 aromatic rings. The molecule has 23 heavy (non-hydrogen) atoms. The number of anilines is 1. The summed E-state index contributed by atoms with van der Waals surface area (Å²) in [6.07, 6.45) is 1.40. The fraction of sp³-hybridized carbons (Fsp3) is 0.0625. The highest BCUT2D eigenvalue weighted by Crippen LogP contribution is 2.25. The van der Waals surface area contributed by atoms with Crippen molar-refractivity contribution < 1.29 is 9.53 Å². The number of hydrogen-bond acceptors (Lipinski definition) is 4. The Kier molecular flexibility index (Phi) is 4.73. The molecule has 3 rings (SSSR count). The van der Waals surface area contributed by atoms with Crippen LogP contribution in [0, 0.1) is 0 Å². The minimum absolute atomic E-state index is 0.177. The van der Waals surface area contributed by atoms with Gasteiger partial charge in [0.05, 0.1) is 21.6 Å². The molecule has 1 amide bonds. The average Bonchev–Trinajstić information content (AvgIpc) is 2.55. The maximum atomic E-state index is 12.0. The predicted octanol–water partition coefficient (Wildman–Crippen LogP) is 4.06. The standard InChI is InChI=1S/C16H11BrClN3O2/c17-10-5-6-13-11(7-10)16(20-9-19-13)23-8-15(22)21-14-4-2-1-3-12(14)18/h1-7,9H,8H2,(H,21,22). The molecule has 7 heteroatoms. The number of nitrogens with one attached hydrogen (secondary N) is 1. The third-order valence-corrected chi connectivity index (χ3v) is 3.87. The van der Waals surface area contributed by atoms with Crippen molar-refractivity contribution in [2.24, 2.45) is 0 Å². The average molecular weight is 393 g/mol. The number of ether oxygens (including phenoxy) is 1. The molecule has 0 saturated heterocycles. The highest BCUT2D eigenvalue weighted by Gasteiger charge is 2.10.